The number of fused-ring (bicyclic) bond motifs is 1. The second kappa shape index (κ2) is 10.3. The highest BCUT2D eigenvalue weighted by atomic mass is 19.4. The summed E-state index contributed by atoms with van der Waals surface area (Å²) in [6, 6.07) is 19.7. The molecule has 37 heavy (non-hydrogen) atoms. The molecule has 6 nitrogen and oxygen atoms in total. The predicted molar refractivity (Wildman–Crippen MR) is 133 cm³/mol. The Balaban J connectivity index is 1.79. The molecule has 1 amide bonds. The zero-order chi connectivity index (χ0) is 26.7. The van der Waals surface area contributed by atoms with E-state index in [4.69, 9.17) is 0 Å². The average Bonchev–Trinajstić information content (AvgIpc) is 2.87. The van der Waals surface area contributed by atoms with Crippen molar-refractivity contribution in [1.29, 1.82) is 5.26 Å². The van der Waals surface area contributed by atoms with E-state index in [9.17, 15) is 28.0 Å². The zero-order valence-corrected chi connectivity index (χ0v) is 20.2. The van der Waals surface area contributed by atoms with Crippen LogP contribution in [-0.2, 0) is 17.4 Å². The molecule has 9 heteroatoms. The second-order valence-electron chi connectivity index (χ2n) is 8.69. The number of nitrogens with zero attached hydrogens (tertiary/aromatic N) is 4. The van der Waals surface area contributed by atoms with Crippen LogP contribution in [0.1, 0.15) is 35.5 Å². The van der Waals surface area contributed by atoms with Crippen LogP contribution in [-0.4, -0.2) is 26.9 Å². The molecule has 1 heterocycles. The van der Waals surface area contributed by atoms with Crippen molar-refractivity contribution >= 4 is 16.8 Å². The van der Waals surface area contributed by atoms with E-state index >= 15 is 0 Å². The van der Waals surface area contributed by atoms with Gasteiger partial charge < -0.3 is 4.90 Å². The summed E-state index contributed by atoms with van der Waals surface area (Å²) in [5, 5.41) is 9.85. The number of halogens is 3. The number of hydrogen-bond donors (Lipinski definition) is 0. The minimum absolute atomic E-state index is 0.164. The number of nitriles is 1. The van der Waals surface area contributed by atoms with E-state index in [0.29, 0.717) is 16.6 Å². The molecule has 4 aromatic rings. The summed E-state index contributed by atoms with van der Waals surface area (Å²) in [5.74, 6) is -0.327. The molecule has 0 saturated heterocycles. The van der Waals surface area contributed by atoms with Gasteiger partial charge in [0.2, 0.25) is 5.91 Å². The number of aromatic nitrogens is 2. The van der Waals surface area contributed by atoms with Gasteiger partial charge in [0.25, 0.3) is 5.56 Å². The summed E-state index contributed by atoms with van der Waals surface area (Å²) in [7, 11) is 0. The number of alkyl halides is 3. The molecular formula is C28H23F3N4O2. The van der Waals surface area contributed by atoms with Crippen LogP contribution in [0.15, 0.2) is 77.6 Å². The molecule has 0 radical (unpaired) electrons. The Morgan fingerprint density at radius 1 is 1.08 bits per heavy atom. The van der Waals surface area contributed by atoms with Crippen LogP contribution < -0.4 is 5.56 Å². The molecule has 0 aliphatic heterocycles. The third-order valence-corrected chi connectivity index (χ3v) is 6.11. The Kier molecular flexibility index (Phi) is 7.11. The van der Waals surface area contributed by atoms with Crippen LogP contribution in [0.25, 0.3) is 16.6 Å². The third kappa shape index (κ3) is 5.38. The van der Waals surface area contributed by atoms with Crippen LogP contribution >= 0.6 is 0 Å². The molecule has 0 N–H and O–H groups in total. The smallest absolute Gasteiger partial charge is 0.319 e. The maximum Gasteiger partial charge on any atom is 0.416 e. The van der Waals surface area contributed by atoms with E-state index in [-0.39, 0.29) is 29.9 Å². The quantitative estimate of drug-likeness (QED) is 0.331. The van der Waals surface area contributed by atoms with Gasteiger partial charge in [0, 0.05) is 0 Å². The Morgan fingerprint density at radius 2 is 1.78 bits per heavy atom. The standard InChI is InChI=1S/C28H23F3N4O2/c1-18-10-12-22(13-11-18)35-26(33-24-9-4-3-8-23(24)27(35)37)19(2)34(15-14-32)25(36)17-20-6-5-7-21(16-20)28(29,30)31/h3-13,16,19H,15,17H2,1-2H3. The molecule has 1 atom stereocenters. The van der Waals surface area contributed by atoms with E-state index in [1.807, 2.05) is 25.1 Å². The van der Waals surface area contributed by atoms with Gasteiger partial charge in [-0.05, 0) is 49.7 Å². The largest absolute Gasteiger partial charge is 0.416 e. The number of hydrogen-bond acceptors (Lipinski definition) is 4. The van der Waals surface area contributed by atoms with E-state index in [1.54, 1.807) is 43.3 Å². The first kappa shape index (κ1) is 25.6. The molecule has 1 aromatic heterocycles. The first-order valence-electron chi connectivity index (χ1n) is 11.5. The molecule has 0 aliphatic rings. The van der Waals surface area contributed by atoms with Crippen LogP contribution in [0.4, 0.5) is 13.2 Å². The molecule has 0 bridgehead atoms. The van der Waals surface area contributed by atoms with Crippen molar-refractivity contribution < 1.29 is 18.0 Å². The maximum atomic E-state index is 13.6. The number of aryl methyl sites for hydroxylation is 1. The van der Waals surface area contributed by atoms with Gasteiger partial charge in [0.15, 0.2) is 0 Å². The van der Waals surface area contributed by atoms with Gasteiger partial charge in [0.05, 0.1) is 40.7 Å². The topological polar surface area (TPSA) is 79.0 Å². The van der Waals surface area contributed by atoms with E-state index in [2.05, 4.69) is 4.98 Å². The Hall–Kier alpha value is -4.45. The van der Waals surface area contributed by atoms with Crippen molar-refractivity contribution in [3.63, 3.8) is 0 Å². The molecular weight excluding hydrogens is 481 g/mol. The third-order valence-electron chi connectivity index (χ3n) is 6.11. The van der Waals surface area contributed by atoms with Gasteiger partial charge in [0.1, 0.15) is 12.4 Å². The molecule has 0 spiro atoms. The second-order valence-corrected chi connectivity index (χ2v) is 8.69. The highest BCUT2D eigenvalue weighted by Gasteiger charge is 2.31. The summed E-state index contributed by atoms with van der Waals surface area (Å²) in [4.78, 5) is 32.8. The zero-order valence-electron chi connectivity index (χ0n) is 20.2. The maximum absolute atomic E-state index is 13.6. The van der Waals surface area contributed by atoms with Crippen molar-refractivity contribution in [2.24, 2.45) is 0 Å². The highest BCUT2D eigenvalue weighted by Crippen LogP contribution is 2.30. The normalized spacial score (nSPS) is 12.2. The Labute approximate surface area is 211 Å². The summed E-state index contributed by atoms with van der Waals surface area (Å²) in [6.45, 7) is 3.22. The SMILES string of the molecule is Cc1ccc(-n2c(C(C)N(CC#N)C(=O)Cc3cccc(C(F)(F)F)c3)nc3ccccc3c2=O)cc1. The molecule has 1 unspecified atom stereocenters. The number of benzene rings is 3. The van der Waals surface area contributed by atoms with E-state index in [1.165, 1.54) is 21.6 Å². The fraction of sp³-hybridized carbons (Fsp3) is 0.214. The molecule has 0 fully saturated rings. The van der Waals surface area contributed by atoms with Crippen LogP contribution in [0.5, 0.6) is 0 Å². The van der Waals surface area contributed by atoms with Crippen LogP contribution in [0.3, 0.4) is 0 Å². The lowest BCUT2D eigenvalue weighted by Crippen LogP contribution is -2.38. The Bertz CT molecular complexity index is 1550. The monoisotopic (exact) mass is 504 g/mol. The van der Waals surface area contributed by atoms with Crippen LogP contribution in [0.2, 0.25) is 0 Å². The fourth-order valence-corrected chi connectivity index (χ4v) is 4.16. The summed E-state index contributed by atoms with van der Waals surface area (Å²) in [6.07, 6.45) is -4.89. The van der Waals surface area contributed by atoms with Gasteiger partial charge in [-0.15, -0.1) is 0 Å². The van der Waals surface area contributed by atoms with Crippen molar-refractivity contribution in [2.75, 3.05) is 6.54 Å². The summed E-state index contributed by atoms with van der Waals surface area (Å²) < 4.78 is 40.9. The van der Waals surface area contributed by atoms with Gasteiger partial charge >= 0.3 is 6.18 Å². The Morgan fingerprint density at radius 3 is 2.46 bits per heavy atom. The molecule has 3 aromatic carbocycles. The summed E-state index contributed by atoms with van der Waals surface area (Å²) >= 11 is 0. The number of para-hydroxylation sites is 1. The number of rotatable bonds is 6. The van der Waals surface area contributed by atoms with Crippen molar-refractivity contribution in [3.8, 4) is 11.8 Å². The van der Waals surface area contributed by atoms with Gasteiger partial charge in [-0.2, -0.15) is 18.4 Å². The number of carbonyl (C=O) groups is 1. The number of amides is 1. The van der Waals surface area contributed by atoms with Crippen LogP contribution in [0, 0.1) is 18.3 Å². The lowest BCUT2D eigenvalue weighted by molar-refractivity contribution is -0.138. The van der Waals surface area contributed by atoms with E-state index < -0.39 is 23.7 Å². The molecule has 0 aliphatic carbocycles. The first-order chi connectivity index (χ1) is 17.6. The number of carbonyl (C=O) groups excluding carboxylic acids is 1. The fourth-order valence-electron chi connectivity index (χ4n) is 4.16. The highest BCUT2D eigenvalue weighted by molar-refractivity contribution is 5.80. The lowest BCUT2D eigenvalue weighted by atomic mass is 10.1. The van der Waals surface area contributed by atoms with Gasteiger partial charge in [-0.1, -0.05) is 48.0 Å². The van der Waals surface area contributed by atoms with Gasteiger partial charge in [-0.25, -0.2) is 4.98 Å². The average molecular weight is 505 g/mol. The molecule has 4 rings (SSSR count). The summed E-state index contributed by atoms with van der Waals surface area (Å²) in [5.41, 5.74) is 0.929. The van der Waals surface area contributed by atoms with Crippen molar-refractivity contribution in [2.45, 2.75) is 32.5 Å². The van der Waals surface area contributed by atoms with Crippen molar-refractivity contribution in [3.05, 3.63) is 106 Å². The first-order valence-corrected chi connectivity index (χ1v) is 11.5. The van der Waals surface area contributed by atoms with Gasteiger partial charge in [-0.3, -0.25) is 14.2 Å². The molecule has 188 valence electrons. The van der Waals surface area contributed by atoms with E-state index in [0.717, 1.165) is 17.7 Å². The predicted octanol–water partition coefficient (Wildman–Crippen LogP) is 5.37. The minimum atomic E-state index is -4.54. The molecule has 0 saturated carbocycles. The van der Waals surface area contributed by atoms with Crippen molar-refractivity contribution in [1.82, 2.24) is 14.5 Å². The minimum Gasteiger partial charge on any atom is -0.319 e. The lowest BCUT2D eigenvalue weighted by Gasteiger charge is -2.29.